The number of hydrogen-bond acceptors (Lipinski definition) is 3. The van der Waals surface area contributed by atoms with Crippen molar-refractivity contribution >= 4 is 0 Å². The lowest BCUT2D eigenvalue weighted by Crippen LogP contribution is -2.35. The molecule has 1 N–H and O–H groups in total. The van der Waals surface area contributed by atoms with Crippen molar-refractivity contribution < 1.29 is 9.47 Å². The fourth-order valence-corrected chi connectivity index (χ4v) is 1.88. The van der Waals surface area contributed by atoms with Gasteiger partial charge in [0.2, 0.25) is 0 Å². The van der Waals surface area contributed by atoms with Crippen LogP contribution >= 0.6 is 0 Å². The van der Waals surface area contributed by atoms with E-state index in [0.29, 0.717) is 6.04 Å². The van der Waals surface area contributed by atoms with E-state index >= 15 is 0 Å². The molecule has 15 heavy (non-hydrogen) atoms. The van der Waals surface area contributed by atoms with Gasteiger partial charge in [-0.15, -0.1) is 0 Å². The lowest BCUT2D eigenvalue weighted by atomic mass is 9.97. The van der Waals surface area contributed by atoms with E-state index in [-0.39, 0.29) is 6.10 Å². The fourth-order valence-electron chi connectivity index (χ4n) is 1.88. The molecule has 2 atom stereocenters. The Balaban J connectivity index is 2.51. The summed E-state index contributed by atoms with van der Waals surface area (Å²) in [6.07, 6.45) is 5.51. The van der Waals surface area contributed by atoms with Gasteiger partial charge >= 0.3 is 0 Å². The van der Waals surface area contributed by atoms with Gasteiger partial charge in [0, 0.05) is 13.2 Å². The van der Waals surface area contributed by atoms with Crippen LogP contribution in [0.5, 0.6) is 0 Å². The molecule has 0 bridgehead atoms. The molecule has 0 saturated heterocycles. The third-order valence-corrected chi connectivity index (χ3v) is 2.83. The number of hydrogen-bond donors (Lipinski definition) is 1. The van der Waals surface area contributed by atoms with Gasteiger partial charge in [0.05, 0.1) is 19.0 Å². The first-order valence-corrected chi connectivity index (χ1v) is 5.84. The molecular weight excluding hydrogens is 190 g/mol. The molecule has 3 heteroatoms. The molecule has 0 spiro atoms. The molecule has 1 rings (SSSR count). The first-order valence-electron chi connectivity index (χ1n) is 5.84. The number of rotatable bonds is 6. The minimum absolute atomic E-state index is 0.289. The monoisotopic (exact) mass is 213 g/mol. The molecular formula is C12H23NO2. The minimum Gasteiger partial charge on any atom is -0.501 e. The molecule has 1 aliphatic rings. The van der Waals surface area contributed by atoms with Crippen LogP contribution in [-0.4, -0.2) is 32.4 Å². The van der Waals surface area contributed by atoms with Crippen LogP contribution in [0.2, 0.25) is 0 Å². The Labute approximate surface area is 92.8 Å². The average Bonchev–Trinajstić information content (AvgIpc) is 2.29. The second-order valence-corrected chi connectivity index (χ2v) is 4.06. The zero-order valence-corrected chi connectivity index (χ0v) is 10.1. The highest BCUT2D eigenvalue weighted by Crippen LogP contribution is 2.19. The number of methoxy groups -OCH3 is 1. The van der Waals surface area contributed by atoms with Gasteiger partial charge in [-0.3, -0.25) is 0 Å². The molecule has 0 amide bonds. The van der Waals surface area contributed by atoms with E-state index in [0.717, 1.165) is 32.4 Å². The topological polar surface area (TPSA) is 30.5 Å². The van der Waals surface area contributed by atoms with E-state index in [1.54, 1.807) is 7.11 Å². The van der Waals surface area contributed by atoms with Gasteiger partial charge in [0.15, 0.2) is 0 Å². The van der Waals surface area contributed by atoms with E-state index < -0.39 is 0 Å². The Hall–Kier alpha value is -0.540. The number of nitrogens with one attached hydrogen (secondary N) is 1. The first-order chi connectivity index (χ1) is 7.27. The van der Waals surface area contributed by atoms with Gasteiger partial charge in [-0.1, -0.05) is 6.92 Å². The predicted octanol–water partition coefficient (Wildman–Crippen LogP) is 2.08. The third-order valence-electron chi connectivity index (χ3n) is 2.83. The van der Waals surface area contributed by atoms with Crippen molar-refractivity contribution in [2.24, 2.45) is 0 Å². The van der Waals surface area contributed by atoms with Crippen molar-refractivity contribution in [3.63, 3.8) is 0 Å². The van der Waals surface area contributed by atoms with Crippen LogP contribution in [0.1, 0.15) is 33.1 Å². The van der Waals surface area contributed by atoms with Crippen LogP contribution in [0, 0.1) is 0 Å². The van der Waals surface area contributed by atoms with Crippen molar-refractivity contribution in [2.45, 2.75) is 45.3 Å². The quantitative estimate of drug-likeness (QED) is 0.733. The van der Waals surface area contributed by atoms with Crippen LogP contribution in [0.3, 0.4) is 0 Å². The number of likely N-dealkylation sites (N-methyl/N-ethyl adjacent to an activating group) is 1. The summed E-state index contributed by atoms with van der Waals surface area (Å²) < 4.78 is 10.7. The summed E-state index contributed by atoms with van der Waals surface area (Å²) >= 11 is 0. The molecule has 1 heterocycles. The Kier molecular flexibility index (Phi) is 5.73. The van der Waals surface area contributed by atoms with E-state index in [4.69, 9.17) is 9.47 Å². The molecule has 88 valence electrons. The van der Waals surface area contributed by atoms with Gasteiger partial charge in [-0.05, 0) is 38.3 Å². The molecule has 0 aromatic rings. The maximum absolute atomic E-state index is 5.38. The highest BCUT2D eigenvalue weighted by Gasteiger charge is 2.18. The van der Waals surface area contributed by atoms with E-state index in [9.17, 15) is 0 Å². The predicted molar refractivity (Wildman–Crippen MR) is 61.8 cm³/mol. The maximum atomic E-state index is 5.38. The van der Waals surface area contributed by atoms with Crippen molar-refractivity contribution in [3.05, 3.63) is 11.8 Å². The van der Waals surface area contributed by atoms with Crippen molar-refractivity contribution in [3.8, 4) is 0 Å². The molecule has 2 unspecified atom stereocenters. The normalized spacial score (nSPS) is 20.3. The lowest BCUT2D eigenvalue weighted by molar-refractivity contribution is 0.102. The van der Waals surface area contributed by atoms with Gasteiger partial charge in [0.25, 0.3) is 0 Å². The van der Waals surface area contributed by atoms with Crippen molar-refractivity contribution in [1.29, 1.82) is 0 Å². The molecule has 0 aromatic heterocycles. The Bertz CT molecular complexity index is 204. The van der Waals surface area contributed by atoms with Gasteiger partial charge in [-0.25, -0.2) is 0 Å². The zero-order chi connectivity index (χ0) is 11.1. The third kappa shape index (κ3) is 4.22. The summed E-state index contributed by atoms with van der Waals surface area (Å²) in [6.45, 7) is 6.09. The largest absolute Gasteiger partial charge is 0.501 e. The highest BCUT2D eigenvalue weighted by molar-refractivity contribution is 5.10. The molecule has 0 radical (unpaired) electrons. The van der Waals surface area contributed by atoms with Crippen LogP contribution in [0.25, 0.3) is 0 Å². The summed E-state index contributed by atoms with van der Waals surface area (Å²) in [5.74, 6) is 0. The van der Waals surface area contributed by atoms with Crippen LogP contribution in [0.15, 0.2) is 11.8 Å². The molecule has 0 aliphatic carbocycles. The zero-order valence-electron chi connectivity index (χ0n) is 10.1. The summed E-state index contributed by atoms with van der Waals surface area (Å²) in [6, 6.07) is 0.408. The molecule has 0 saturated carbocycles. The molecule has 1 aliphatic heterocycles. The van der Waals surface area contributed by atoms with E-state index in [1.807, 2.05) is 6.26 Å². The summed E-state index contributed by atoms with van der Waals surface area (Å²) in [4.78, 5) is 0. The second kappa shape index (κ2) is 6.85. The summed E-state index contributed by atoms with van der Waals surface area (Å²) in [5.41, 5.74) is 1.38. The lowest BCUT2D eigenvalue weighted by Gasteiger charge is -2.25. The van der Waals surface area contributed by atoms with Gasteiger partial charge in [0.1, 0.15) is 0 Å². The maximum Gasteiger partial charge on any atom is 0.0876 e. The smallest absolute Gasteiger partial charge is 0.0876 e. The number of ether oxygens (including phenoxy) is 2. The Morgan fingerprint density at radius 2 is 2.40 bits per heavy atom. The Morgan fingerprint density at radius 1 is 1.60 bits per heavy atom. The SMILES string of the molecule is CCNC(CC(C)OC)C1=COCCC1. The van der Waals surface area contributed by atoms with Gasteiger partial charge in [-0.2, -0.15) is 0 Å². The van der Waals surface area contributed by atoms with Crippen LogP contribution in [-0.2, 0) is 9.47 Å². The van der Waals surface area contributed by atoms with Crippen molar-refractivity contribution in [2.75, 3.05) is 20.3 Å². The van der Waals surface area contributed by atoms with Gasteiger partial charge < -0.3 is 14.8 Å². The van der Waals surface area contributed by atoms with Crippen molar-refractivity contribution in [1.82, 2.24) is 5.32 Å². The Morgan fingerprint density at radius 3 is 2.93 bits per heavy atom. The highest BCUT2D eigenvalue weighted by atomic mass is 16.5. The molecule has 3 nitrogen and oxygen atoms in total. The molecule has 0 fully saturated rings. The summed E-state index contributed by atoms with van der Waals surface area (Å²) in [7, 11) is 1.76. The van der Waals surface area contributed by atoms with E-state index in [1.165, 1.54) is 5.57 Å². The standard InChI is InChI=1S/C12H23NO2/c1-4-13-12(8-10(2)14-3)11-6-5-7-15-9-11/h9-10,12-13H,4-8H2,1-3H3. The first kappa shape index (κ1) is 12.5. The second-order valence-electron chi connectivity index (χ2n) is 4.06. The van der Waals surface area contributed by atoms with Crippen LogP contribution < -0.4 is 5.32 Å². The average molecular weight is 213 g/mol. The minimum atomic E-state index is 0.289. The van der Waals surface area contributed by atoms with Crippen LogP contribution in [0.4, 0.5) is 0 Å². The van der Waals surface area contributed by atoms with E-state index in [2.05, 4.69) is 19.2 Å². The molecule has 0 aromatic carbocycles. The summed E-state index contributed by atoms with van der Waals surface area (Å²) in [5, 5.41) is 3.49. The fraction of sp³-hybridized carbons (Fsp3) is 0.833.